The van der Waals surface area contributed by atoms with Gasteiger partial charge in [0, 0.05) is 25.2 Å². The van der Waals surface area contributed by atoms with Crippen LogP contribution in [-0.2, 0) is 10.0 Å². The number of halogens is 3. The molecular weight excluding hydrogens is 293 g/mol. The third-order valence-corrected chi connectivity index (χ3v) is 5.22. The number of hydrogen-bond acceptors (Lipinski definition) is 3. The van der Waals surface area contributed by atoms with Crippen molar-refractivity contribution < 1.29 is 21.6 Å². The Bertz CT molecular complexity index is 584. The minimum Gasteiger partial charge on any atom is -0.319 e. The van der Waals surface area contributed by atoms with Gasteiger partial charge in [0.2, 0.25) is 10.0 Å². The summed E-state index contributed by atoms with van der Waals surface area (Å²) in [5.74, 6) is -3.85. The van der Waals surface area contributed by atoms with Crippen LogP contribution in [0.1, 0.15) is 6.42 Å². The van der Waals surface area contributed by atoms with Crippen LogP contribution in [0.15, 0.2) is 17.0 Å². The van der Waals surface area contributed by atoms with Gasteiger partial charge < -0.3 is 5.32 Å². The Labute approximate surface area is 115 Å². The van der Waals surface area contributed by atoms with Gasteiger partial charge in [-0.2, -0.15) is 4.31 Å². The van der Waals surface area contributed by atoms with Crippen molar-refractivity contribution in [2.75, 3.05) is 26.7 Å². The Hall–Kier alpha value is -1.12. The van der Waals surface area contributed by atoms with Crippen LogP contribution in [0, 0.1) is 23.4 Å². The summed E-state index contributed by atoms with van der Waals surface area (Å²) >= 11 is 0. The van der Waals surface area contributed by atoms with Crippen LogP contribution >= 0.6 is 0 Å². The Balaban J connectivity index is 2.33. The zero-order valence-electron chi connectivity index (χ0n) is 10.9. The Morgan fingerprint density at radius 1 is 1.30 bits per heavy atom. The molecule has 8 heteroatoms. The summed E-state index contributed by atoms with van der Waals surface area (Å²) < 4.78 is 65.6. The summed E-state index contributed by atoms with van der Waals surface area (Å²) in [7, 11) is -2.53. The number of nitrogens with one attached hydrogen (secondary N) is 1. The van der Waals surface area contributed by atoms with Gasteiger partial charge >= 0.3 is 0 Å². The Morgan fingerprint density at radius 3 is 2.45 bits per heavy atom. The molecule has 0 aliphatic carbocycles. The molecule has 0 spiro atoms. The molecule has 1 N–H and O–H groups in total. The monoisotopic (exact) mass is 308 g/mol. The second-order valence-corrected chi connectivity index (χ2v) is 6.65. The summed E-state index contributed by atoms with van der Waals surface area (Å²) in [6.07, 6.45) is 0.616. The molecule has 1 saturated heterocycles. The van der Waals surface area contributed by atoms with E-state index in [4.69, 9.17) is 0 Å². The van der Waals surface area contributed by atoms with Gasteiger partial charge in [-0.3, -0.25) is 0 Å². The van der Waals surface area contributed by atoms with Crippen molar-refractivity contribution in [2.45, 2.75) is 11.3 Å². The van der Waals surface area contributed by atoms with Crippen molar-refractivity contribution >= 4 is 10.0 Å². The first-order valence-corrected chi connectivity index (χ1v) is 7.59. The SMILES string of the molecule is CNC[C@H]1CCN(S(=O)(=O)c2c(F)cc(F)cc2F)C1. The summed E-state index contributed by atoms with van der Waals surface area (Å²) in [4.78, 5) is -1.08. The molecule has 1 fully saturated rings. The maximum Gasteiger partial charge on any atom is 0.248 e. The number of sulfonamides is 1. The van der Waals surface area contributed by atoms with Crippen molar-refractivity contribution in [2.24, 2.45) is 5.92 Å². The zero-order chi connectivity index (χ0) is 14.9. The summed E-state index contributed by atoms with van der Waals surface area (Å²) in [6.45, 7) is 1.02. The second-order valence-electron chi connectivity index (χ2n) is 4.77. The van der Waals surface area contributed by atoms with E-state index in [-0.39, 0.29) is 19.0 Å². The fourth-order valence-electron chi connectivity index (χ4n) is 2.38. The predicted octanol–water partition coefficient (Wildman–Crippen LogP) is 1.33. The van der Waals surface area contributed by atoms with E-state index in [9.17, 15) is 21.6 Å². The van der Waals surface area contributed by atoms with Crippen molar-refractivity contribution in [3.8, 4) is 0 Å². The van der Waals surface area contributed by atoms with Crippen LogP contribution in [0.4, 0.5) is 13.2 Å². The van der Waals surface area contributed by atoms with Gasteiger partial charge in [0.05, 0.1) is 0 Å². The number of benzene rings is 1. The van der Waals surface area contributed by atoms with E-state index in [0.29, 0.717) is 25.1 Å². The van der Waals surface area contributed by atoms with Gasteiger partial charge in [-0.25, -0.2) is 21.6 Å². The quantitative estimate of drug-likeness (QED) is 0.913. The predicted molar refractivity (Wildman–Crippen MR) is 67.1 cm³/mol. The molecule has 112 valence electrons. The highest BCUT2D eigenvalue weighted by atomic mass is 32.2. The normalized spacial score (nSPS) is 20.5. The van der Waals surface area contributed by atoms with E-state index in [2.05, 4.69) is 5.32 Å². The van der Waals surface area contributed by atoms with Crippen LogP contribution in [0.2, 0.25) is 0 Å². The molecule has 1 atom stereocenters. The molecule has 4 nitrogen and oxygen atoms in total. The highest BCUT2D eigenvalue weighted by molar-refractivity contribution is 7.89. The van der Waals surface area contributed by atoms with Crippen LogP contribution in [-0.4, -0.2) is 39.4 Å². The topological polar surface area (TPSA) is 49.4 Å². The minimum atomic E-state index is -4.28. The average Bonchev–Trinajstić information content (AvgIpc) is 2.76. The van der Waals surface area contributed by atoms with Gasteiger partial charge in [0.25, 0.3) is 0 Å². The van der Waals surface area contributed by atoms with E-state index in [1.807, 2.05) is 0 Å². The molecule has 1 heterocycles. The molecule has 1 aromatic rings. The molecule has 0 saturated carbocycles. The van der Waals surface area contributed by atoms with E-state index >= 15 is 0 Å². The van der Waals surface area contributed by atoms with Gasteiger partial charge in [0.15, 0.2) is 4.90 Å². The maximum absolute atomic E-state index is 13.6. The zero-order valence-corrected chi connectivity index (χ0v) is 11.7. The van der Waals surface area contributed by atoms with Crippen LogP contribution in [0.5, 0.6) is 0 Å². The van der Waals surface area contributed by atoms with E-state index in [1.54, 1.807) is 7.05 Å². The summed E-state index contributed by atoms with van der Waals surface area (Å²) in [6, 6.07) is 0.744. The van der Waals surface area contributed by atoms with E-state index in [0.717, 1.165) is 4.31 Å². The first-order valence-electron chi connectivity index (χ1n) is 6.15. The molecule has 2 rings (SSSR count). The molecule has 20 heavy (non-hydrogen) atoms. The molecular formula is C12H15F3N2O2S. The van der Waals surface area contributed by atoms with Crippen LogP contribution in [0.25, 0.3) is 0 Å². The lowest BCUT2D eigenvalue weighted by Crippen LogP contribution is -2.31. The highest BCUT2D eigenvalue weighted by Crippen LogP contribution is 2.28. The molecule has 0 unspecified atom stereocenters. The Kier molecular flexibility index (Phi) is 4.36. The average molecular weight is 308 g/mol. The molecule has 1 aliphatic rings. The maximum atomic E-state index is 13.6. The lowest BCUT2D eigenvalue weighted by molar-refractivity contribution is 0.435. The van der Waals surface area contributed by atoms with Gasteiger partial charge in [-0.1, -0.05) is 0 Å². The van der Waals surface area contributed by atoms with Gasteiger partial charge in [0.1, 0.15) is 17.5 Å². The minimum absolute atomic E-state index is 0.0985. The van der Waals surface area contributed by atoms with Gasteiger partial charge in [-0.05, 0) is 25.9 Å². The van der Waals surface area contributed by atoms with E-state index < -0.39 is 32.4 Å². The summed E-state index contributed by atoms with van der Waals surface area (Å²) in [5, 5.41) is 2.93. The first kappa shape index (κ1) is 15.3. The van der Waals surface area contributed by atoms with Crippen molar-refractivity contribution in [3.05, 3.63) is 29.6 Å². The van der Waals surface area contributed by atoms with Crippen LogP contribution in [0.3, 0.4) is 0 Å². The smallest absolute Gasteiger partial charge is 0.248 e. The number of nitrogens with zero attached hydrogens (tertiary/aromatic N) is 1. The third kappa shape index (κ3) is 2.82. The molecule has 0 bridgehead atoms. The Morgan fingerprint density at radius 2 is 1.90 bits per heavy atom. The van der Waals surface area contributed by atoms with E-state index in [1.165, 1.54) is 0 Å². The molecule has 1 aromatic carbocycles. The fourth-order valence-corrected chi connectivity index (χ4v) is 4.00. The summed E-state index contributed by atoms with van der Waals surface area (Å²) in [5.41, 5.74) is 0. The van der Waals surface area contributed by atoms with Crippen molar-refractivity contribution in [1.29, 1.82) is 0 Å². The number of rotatable bonds is 4. The number of hydrogen-bond donors (Lipinski definition) is 1. The van der Waals surface area contributed by atoms with Crippen molar-refractivity contribution in [3.63, 3.8) is 0 Å². The largest absolute Gasteiger partial charge is 0.319 e. The first-order chi connectivity index (χ1) is 9.36. The fraction of sp³-hybridized carbons (Fsp3) is 0.500. The molecule has 1 aliphatic heterocycles. The second kappa shape index (κ2) is 5.71. The van der Waals surface area contributed by atoms with Crippen molar-refractivity contribution in [1.82, 2.24) is 9.62 Å². The lowest BCUT2D eigenvalue weighted by Gasteiger charge is -2.17. The highest BCUT2D eigenvalue weighted by Gasteiger charge is 2.36. The molecule has 0 amide bonds. The lowest BCUT2D eigenvalue weighted by atomic mass is 10.1. The van der Waals surface area contributed by atoms with Crippen LogP contribution < -0.4 is 5.32 Å². The molecule has 0 radical (unpaired) electrons. The van der Waals surface area contributed by atoms with Gasteiger partial charge in [-0.15, -0.1) is 0 Å². The molecule has 0 aromatic heterocycles. The standard InChI is InChI=1S/C12H15F3N2O2S/c1-16-6-8-2-3-17(7-8)20(18,19)12-10(14)4-9(13)5-11(12)15/h4-5,8,16H,2-3,6-7H2,1H3/t8-/m1/s1. The third-order valence-electron chi connectivity index (χ3n) is 3.30.